The molecule has 1 aromatic carbocycles. The van der Waals surface area contributed by atoms with E-state index in [1.807, 2.05) is 6.07 Å². The summed E-state index contributed by atoms with van der Waals surface area (Å²) < 4.78 is 30.2. The van der Waals surface area contributed by atoms with Crippen molar-refractivity contribution in [3.63, 3.8) is 0 Å². The van der Waals surface area contributed by atoms with Crippen LogP contribution in [-0.4, -0.2) is 56.3 Å². The molecule has 0 aliphatic carbocycles. The Hall–Kier alpha value is -2.45. The van der Waals surface area contributed by atoms with Gasteiger partial charge in [0.1, 0.15) is 5.75 Å². The largest absolute Gasteiger partial charge is 0.378 e. The van der Waals surface area contributed by atoms with Gasteiger partial charge in [0.25, 0.3) is 0 Å². The molecule has 1 aromatic heterocycles. The van der Waals surface area contributed by atoms with Gasteiger partial charge in [-0.2, -0.15) is 0 Å². The number of fused-ring (bicyclic) bond motifs is 1. The summed E-state index contributed by atoms with van der Waals surface area (Å²) in [5, 5.41) is -0.0651. The van der Waals surface area contributed by atoms with E-state index in [4.69, 9.17) is 4.74 Å². The fraction of sp³-hybridized carbons (Fsp3) is 0.368. The molecule has 0 N–H and O–H groups in total. The van der Waals surface area contributed by atoms with Crippen molar-refractivity contribution < 1.29 is 17.9 Å². The van der Waals surface area contributed by atoms with Crippen LogP contribution in [0.4, 0.5) is 5.69 Å². The number of rotatable bonds is 4. The van der Waals surface area contributed by atoms with Crippen molar-refractivity contribution >= 4 is 21.4 Å². The van der Waals surface area contributed by atoms with Crippen LogP contribution in [0.3, 0.4) is 0 Å². The predicted molar refractivity (Wildman–Crippen MR) is 100 cm³/mol. The summed E-state index contributed by atoms with van der Waals surface area (Å²) in [6, 6.07) is 10.8. The van der Waals surface area contributed by atoms with Crippen LogP contribution in [0, 0.1) is 0 Å². The quantitative estimate of drug-likeness (QED) is 0.785. The molecule has 2 aliphatic heterocycles. The Bertz CT molecular complexity index is 941. The second-order valence-electron chi connectivity index (χ2n) is 6.73. The van der Waals surface area contributed by atoms with Gasteiger partial charge in [0.2, 0.25) is 15.7 Å². The van der Waals surface area contributed by atoms with Crippen molar-refractivity contribution in [3.8, 4) is 0 Å². The summed E-state index contributed by atoms with van der Waals surface area (Å²) in [4.78, 5) is 20.3. The van der Waals surface area contributed by atoms with E-state index in [1.165, 1.54) is 12.3 Å². The minimum absolute atomic E-state index is 0.0651. The number of nitrogens with zero attached hydrogens (tertiary/aromatic N) is 3. The van der Waals surface area contributed by atoms with E-state index >= 15 is 0 Å². The molecular formula is C19H21N3O4S. The number of morpholine rings is 1. The van der Waals surface area contributed by atoms with E-state index in [2.05, 4.69) is 22.0 Å². The summed E-state index contributed by atoms with van der Waals surface area (Å²) in [6.07, 6.45) is 1.41. The highest BCUT2D eigenvalue weighted by atomic mass is 32.2. The fourth-order valence-corrected chi connectivity index (χ4v) is 4.60. The smallest absolute Gasteiger partial charge is 0.238 e. The summed E-state index contributed by atoms with van der Waals surface area (Å²) in [7, 11) is -3.73. The summed E-state index contributed by atoms with van der Waals surface area (Å²) in [5.41, 5.74) is 3.26. The van der Waals surface area contributed by atoms with E-state index in [1.54, 1.807) is 17.0 Å². The number of aromatic nitrogens is 1. The summed E-state index contributed by atoms with van der Waals surface area (Å²) >= 11 is 0. The number of amides is 1. The van der Waals surface area contributed by atoms with Gasteiger partial charge in [-0.05, 0) is 35.4 Å². The summed E-state index contributed by atoms with van der Waals surface area (Å²) in [5.74, 6) is -0.960. The molecule has 0 unspecified atom stereocenters. The third kappa shape index (κ3) is 3.81. The molecule has 0 spiro atoms. The number of carbonyl (C=O) groups is 1. The topological polar surface area (TPSA) is 79.8 Å². The molecule has 4 rings (SSSR count). The van der Waals surface area contributed by atoms with Gasteiger partial charge >= 0.3 is 0 Å². The predicted octanol–water partition coefficient (Wildman–Crippen LogP) is 1.23. The molecule has 142 valence electrons. The highest BCUT2D eigenvalue weighted by Crippen LogP contribution is 2.28. The number of sulfone groups is 1. The van der Waals surface area contributed by atoms with Gasteiger partial charge in [0.15, 0.2) is 5.03 Å². The van der Waals surface area contributed by atoms with Crippen LogP contribution >= 0.6 is 0 Å². The Morgan fingerprint density at radius 2 is 1.85 bits per heavy atom. The molecule has 7 nitrogen and oxygen atoms in total. The Labute approximate surface area is 158 Å². The van der Waals surface area contributed by atoms with Gasteiger partial charge in [0, 0.05) is 38.1 Å². The Morgan fingerprint density at radius 1 is 1.07 bits per heavy atom. The maximum absolute atomic E-state index is 12.6. The molecule has 0 radical (unpaired) electrons. The van der Waals surface area contributed by atoms with Gasteiger partial charge < -0.3 is 14.5 Å². The second kappa shape index (κ2) is 7.28. The number of benzene rings is 1. The second-order valence-corrected chi connectivity index (χ2v) is 8.67. The van der Waals surface area contributed by atoms with Crippen LogP contribution in [0.1, 0.15) is 11.1 Å². The molecular weight excluding hydrogens is 366 g/mol. The minimum Gasteiger partial charge on any atom is -0.378 e. The monoisotopic (exact) mass is 387 g/mol. The van der Waals surface area contributed by atoms with Crippen LogP contribution in [-0.2, 0) is 32.5 Å². The zero-order valence-electron chi connectivity index (χ0n) is 14.9. The lowest BCUT2D eigenvalue weighted by molar-refractivity contribution is -0.129. The van der Waals surface area contributed by atoms with Crippen molar-refractivity contribution in [1.82, 2.24) is 9.88 Å². The zero-order valence-corrected chi connectivity index (χ0v) is 15.7. The van der Waals surface area contributed by atoms with Gasteiger partial charge in [-0.3, -0.25) is 4.79 Å². The van der Waals surface area contributed by atoms with Crippen LogP contribution in [0.25, 0.3) is 0 Å². The van der Waals surface area contributed by atoms with Crippen molar-refractivity contribution in [2.24, 2.45) is 0 Å². The number of anilines is 1. The van der Waals surface area contributed by atoms with Crippen LogP contribution in [0.5, 0.6) is 0 Å². The third-order valence-corrected chi connectivity index (χ3v) is 6.42. The maximum atomic E-state index is 12.6. The lowest BCUT2D eigenvalue weighted by atomic mass is 10.1. The lowest BCUT2D eigenvalue weighted by Crippen LogP contribution is -2.36. The van der Waals surface area contributed by atoms with Crippen LogP contribution in [0.15, 0.2) is 47.6 Å². The van der Waals surface area contributed by atoms with Crippen molar-refractivity contribution in [2.45, 2.75) is 18.1 Å². The first-order chi connectivity index (χ1) is 13.0. The normalized spacial score (nSPS) is 17.0. The van der Waals surface area contributed by atoms with E-state index in [9.17, 15) is 13.2 Å². The van der Waals surface area contributed by atoms with E-state index in [0.717, 1.165) is 29.9 Å². The highest BCUT2D eigenvalue weighted by Gasteiger charge is 2.29. The van der Waals surface area contributed by atoms with Gasteiger partial charge in [0.05, 0.1) is 13.2 Å². The molecule has 0 saturated carbocycles. The lowest BCUT2D eigenvalue weighted by Gasteiger charge is -2.29. The molecule has 0 bridgehead atoms. The Kier molecular flexibility index (Phi) is 4.84. The number of pyridine rings is 1. The minimum atomic E-state index is -3.73. The van der Waals surface area contributed by atoms with E-state index in [-0.39, 0.29) is 5.03 Å². The molecule has 1 amide bonds. The molecule has 0 atom stereocenters. The first-order valence-electron chi connectivity index (χ1n) is 8.89. The van der Waals surface area contributed by atoms with Gasteiger partial charge in [-0.25, -0.2) is 13.4 Å². The number of hydrogen-bond acceptors (Lipinski definition) is 6. The van der Waals surface area contributed by atoms with Gasteiger partial charge in [-0.15, -0.1) is 0 Å². The first-order valence-corrected chi connectivity index (χ1v) is 10.5. The van der Waals surface area contributed by atoms with Crippen molar-refractivity contribution in [3.05, 3.63) is 53.7 Å². The molecule has 8 heteroatoms. The van der Waals surface area contributed by atoms with Crippen molar-refractivity contribution in [2.75, 3.05) is 37.0 Å². The SMILES string of the molecule is O=C(CS(=O)(=O)c1ccccn1)N1Cc2ccc(N3CCOCC3)cc2C1. The van der Waals surface area contributed by atoms with E-state index < -0.39 is 21.5 Å². The Morgan fingerprint density at radius 3 is 2.59 bits per heavy atom. The fourth-order valence-electron chi connectivity index (χ4n) is 3.43. The third-order valence-electron chi connectivity index (χ3n) is 4.91. The first kappa shape index (κ1) is 17.9. The molecule has 3 heterocycles. The number of hydrogen-bond donors (Lipinski definition) is 0. The molecule has 2 aliphatic rings. The van der Waals surface area contributed by atoms with Crippen molar-refractivity contribution in [1.29, 1.82) is 0 Å². The van der Waals surface area contributed by atoms with Crippen LogP contribution in [0.2, 0.25) is 0 Å². The molecule has 27 heavy (non-hydrogen) atoms. The van der Waals surface area contributed by atoms with Crippen LogP contribution < -0.4 is 4.90 Å². The van der Waals surface area contributed by atoms with Gasteiger partial charge in [-0.1, -0.05) is 12.1 Å². The summed E-state index contributed by atoms with van der Waals surface area (Å²) in [6.45, 7) is 4.01. The zero-order chi connectivity index (χ0) is 18.9. The molecule has 1 saturated heterocycles. The Balaban J connectivity index is 1.45. The number of ether oxygens (including phenoxy) is 1. The standard InChI is InChI=1S/C19H21N3O4S/c23-19(14-27(24,25)18-3-1-2-6-20-18)22-12-15-4-5-17(11-16(15)13-22)21-7-9-26-10-8-21/h1-6,11H,7-10,12-14H2. The molecule has 1 fully saturated rings. The highest BCUT2D eigenvalue weighted by molar-refractivity contribution is 7.92. The maximum Gasteiger partial charge on any atom is 0.238 e. The average Bonchev–Trinajstić information content (AvgIpc) is 3.13. The molecule has 2 aromatic rings. The number of carbonyl (C=O) groups excluding carboxylic acids is 1. The van der Waals surface area contributed by atoms with E-state index in [0.29, 0.717) is 26.3 Å². The average molecular weight is 387 g/mol.